The lowest BCUT2D eigenvalue weighted by Gasteiger charge is -2.36. The van der Waals surface area contributed by atoms with E-state index in [1.165, 1.54) is 12.1 Å². The lowest BCUT2D eigenvalue weighted by Crippen LogP contribution is -2.45. The van der Waals surface area contributed by atoms with Gasteiger partial charge in [0, 0.05) is 18.6 Å². The van der Waals surface area contributed by atoms with E-state index in [1.54, 1.807) is 0 Å². The van der Waals surface area contributed by atoms with Crippen LogP contribution in [0.1, 0.15) is 39.2 Å². The van der Waals surface area contributed by atoms with Crippen LogP contribution in [-0.2, 0) is 11.2 Å². The zero-order chi connectivity index (χ0) is 15.3. The quantitative estimate of drug-likeness (QED) is 0.745. The molecule has 0 bridgehead atoms. The Morgan fingerprint density at radius 1 is 1.25 bits per heavy atom. The molecule has 0 aliphatic rings. The van der Waals surface area contributed by atoms with Crippen molar-refractivity contribution in [3.63, 3.8) is 0 Å². The summed E-state index contributed by atoms with van der Waals surface area (Å²) in [6.45, 7) is 6.08. The summed E-state index contributed by atoms with van der Waals surface area (Å²) < 4.78 is 33.6. The van der Waals surface area contributed by atoms with Crippen molar-refractivity contribution < 1.29 is 18.6 Å². The Balaban J connectivity index is 3.05. The molecule has 0 heterocycles. The summed E-state index contributed by atoms with van der Waals surface area (Å²) >= 11 is 3.03. The van der Waals surface area contributed by atoms with Gasteiger partial charge in [-0.05, 0) is 47.8 Å². The van der Waals surface area contributed by atoms with Crippen LogP contribution in [-0.4, -0.2) is 23.4 Å². The molecule has 0 spiro atoms. The highest BCUT2D eigenvalue weighted by Crippen LogP contribution is 2.30. The van der Waals surface area contributed by atoms with E-state index >= 15 is 0 Å². The fraction of sp³-hybridized carbons (Fsp3) is 0.600. The maximum absolute atomic E-state index is 14.0. The second kappa shape index (κ2) is 7.48. The minimum Gasteiger partial charge on any atom is -0.390 e. The van der Waals surface area contributed by atoms with Gasteiger partial charge in [0.25, 0.3) is 0 Å². The van der Waals surface area contributed by atoms with E-state index < -0.39 is 23.3 Å². The van der Waals surface area contributed by atoms with Crippen LogP contribution in [0, 0.1) is 11.6 Å². The molecule has 0 aliphatic heterocycles. The van der Waals surface area contributed by atoms with Crippen LogP contribution < -0.4 is 0 Å². The molecule has 5 heteroatoms. The molecule has 0 amide bonds. The highest BCUT2D eigenvalue weighted by Gasteiger charge is 2.36. The maximum atomic E-state index is 14.0. The summed E-state index contributed by atoms with van der Waals surface area (Å²) in [5, 5.41) is 10.4. The van der Waals surface area contributed by atoms with Crippen LogP contribution in [0.25, 0.3) is 0 Å². The number of aliphatic hydroxyl groups is 1. The van der Waals surface area contributed by atoms with Gasteiger partial charge in [-0.15, -0.1) is 0 Å². The molecule has 0 saturated heterocycles. The molecule has 0 saturated carbocycles. The normalized spacial score (nSPS) is 13.6. The zero-order valence-electron chi connectivity index (χ0n) is 12.0. The summed E-state index contributed by atoms with van der Waals surface area (Å²) in [6, 6.07) is 2.51. The summed E-state index contributed by atoms with van der Waals surface area (Å²) in [4.78, 5) is 0. The van der Waals surface area contributed by atoms with Crippen molar-refractivity contribution in [1.29, 1.82) is 0 Å². The molecule has 1 unspecified atom stereocenters. The first kappa shape index (κ1) is 17.5. The molecule has 1 aromatic rings. The third-order valence-electron chi connectivity index (χ3n) is 3.77. The van der Waals surface area contributed by atoms with E-state index in [1.807, 2.05) is 20.8 Å². The van der Waals surface area contributed by atoms with Gasteiger partial charge in [-0.1, -0.05) is 13.8 Å². The summed E-state index contributed by atoms with van der Waals surface area (Å²) in [6.07, 6.45) is 0.0836. The lowest BCUT2D eigenvalue weighted by molar-refractivity contribution is -0.124. The van der Waals surface area contributed by atoms with Crippen LogP contribution in [0.5, 0.6) is 0 Å². The van der Waals surface area contributed by atoms with Crippen LogP contribution in [0.4, 0.5) is 8.78 Å². The highest BCUT2D eigenvalue weighted by molar-refractivity contribution is 9.10. The second-order valence-electron chi connectivity index (χ2n) is 4.75. The molecule has 0 aliphatic carbocycles. The van der Waals surface area contributed by atoms with Gasteiger partial charge in [-0.25, -0.2) is 8.78 Å². The first-order valence-electron chi connectivity index (χ1n) is 6.86. The van der Waals surface area contributed by atoms with E-state index in [4.69, 9.17) is 4.74 Å². The first-order chi connectivity index (χ1) is 9.41. The van der Waals surface area contributed by atoms with Crippen molar-refractivity contribution in [2.45, 2.75) is 51.7 Å². The maximum Gasteiger partial charge on any atom is 0.143 e. The number of hydrogen-bond acceptors (Lipinski definition) is 2. The topological polar surface area (TPSA) is 29.5 Å². The molecule has 114 valence electrons. The van der Waals surface area contributed by atoms with Gasteiger partial charge in [-0.2, -0.15) is 0 Å². The number of rotatable bonds is 7. The number of benzene rings is 1. The smallest absolute Gasteiger partial charge is 0.143 e. The van der Waals surface area contributed by atoms with Crippen molar-refractivity contribution in [3.8, 4) is 0 Å². The largest absolute Gasteiger partial charge is 0.390 e. The molecule has 2 nitrogen and oxygen atoms in total. The minimum atomic E-state index is -0.962. The average Bonchev–Trinajstić information content (AvgIpc) is 2.45. The second-order valence-corrected chi connectivity index (χ2v) is 5.60. The predicted octanol–water partition coefficient (Wildman–Crippen LogP) is 4.23. The van der Waals surface area contributed by atoms with Crippen molar-refractivity contribution in [3.05, 3.63) is 33.8 Å². The molecule has 0 radical (unpaired) electrons. The van der Waals surface area contributed by atoms with Crippen LogP contribution >= 0.6 is 15.9 Å². The van der Waals surface area contributed by atoms with E-state index in [-0.39, 0.29) is 16.5 Å². The Bertz CT molecular complexity index is 448. The Morgan fingerprint density at radius 3 is 2.35 bits per heavy atom. The first-order valence-corrected chi connectivity index (χ1v) is 7.65. The molecule has 20 heavy (non-hydrogen) atoms. The molecular weight excluding hydrogens is 330 g/mol. The summed E-state index contributed by atoms with van der Waals surface area (Å²) in [7, 11) is 0. The molecule has 1 atom stereocenters. The minimum absolute atomic E-state index is 0.112. The highest BCUT2D eigenvalue weighted by atomic mass is 79.9. The zero-order valence-corrected chi connectivity index (χ0v) is 13.6. The van der Waals surface area contributed by atoms with Crippen LogP contribution in [0.2, 0.25) is 0 Å². The fourth-order valence-electron chi connectivity index (χ4n) is 2.44. The van der Waals surface area contributed by atoms with E-state index in [0.29, 0.717) is 19.4 Å². The number of ether oxygens (including phenoxy) is 1. The Morgan fingerprint density at radius 2 is 1.85 bits per heavy atom. The third-order valence-corrected chi connectivity index (χ3v) is 4.38. The van der Waals surface area contributed by atoms with Gasteiger partial charge in [0.05, 0.1) is 16.2 Å². The molecule has 1 rings (SSSR count). The van der Waals surface area contributed by atoms with Crippen molar-refractivity contribution in [2.24, 2.45) is 0 Å². The van der Waals surface area contributed by atoms with Gasteiger partial charge < -0.3 is 9.84 Å². The van der Waals surface area contributed by atoms with Gasteiger partial charge in [-0.3, -0.25) is 0 Å². The molecule has 1 aromatic carbocycles. The van der Waals surface area contributed by atoms with Crippen LogP contribution in [0.15, 0.2) is 16.6 Å². The summed E-state index contributed by atoms with van der Waals surface area (Å²) in [5.74, 6) is -1.32. The van der Waals surface area contributed by atoms with Crippen molar-refractivity contribution >= 4 is 15.9 Å². The lowest BCUT2D eigenvalue weighted by atomic mass is 9.86. The number of hydrogen-bond donors (Lipinski definition) is 1. The number of halogens is 3. The van der Waals surface area contributed by atoms with Gasteiger partial charge in [0.15, 0.2) is 0 Å². The monoisotopic (exact) mass is 350 g/mol. The average molecular weight is 351 g/mol. The van der Waals surface area contributed by atoms with Gasteiger partial charge in [0.2, 0.25) is 0 Å². The Kier molecular flexibility index (Phi) is 6.55. The fourth-order valence-corrected chi connectivity index (χ4v) is 2.82. The van der Waals surface area contributed by atoms with E-state index in [0.717, 1.165) is 0 Å². The Hall–Kier alpha value is -0.520. The molecular formula is C15H21BrF2O2. The third kappa shape index (κ3) is 3.57. The van der Waals surface area contributed by atoms with Crippen molar-refractivity contribution in [1.82, 2.24) is 0 Å². The molecule has 0 aromatic heterocycles. The van der Waals surface area contributed by atoms with E-state index in [9.17, 15) is 13.9 Å². The van der Waals surface area contributed by atoms with Gasteiger partial charge in [0.1, 0.15) is 11.6 Å². The SMILES string of the molecule is CCOC(CC)(CC)C(O)Cc1c(F)ccc(Br)c1F. The van der Waals surface area contributed by atoms with Crippen LogP contribution in [0.3, 0.4) is 0 Å². The predicted molar refractivity (Wildman–Crippen MR) is 78.7 cm³/mol. The standard InChI is InChI=1S/C15H21BrF2O2/c1-4-15(5-2,20-6-3)13(19)9-10-12(17)8-7-11(16)14(10)18/h7-8,13,19H,4-6,9H2,1-3H3. The summed E-state index contributed by atoms with van der Waals surface area (Å²) in [5.41, 5.74) is -0.881. The van der Waals surface area contributed by atoms with Crippen molar-refractivity contribution in [2.75, 3.05) is 6.61 Å². The molecule has 1 N–H and O–H groups in total. The number of aliphatic hydroxyl groups excluding tert-OH is 1. The van der Waals surface area contributed by atoms with E-state index in [2.05, 4.69) is 15.9 Å². The Labute approximate surface area is 127 Å². The van der Waals surface area contributed by atoms with Gasteiger partial charge >= 0.3 is 0 Å². The molecule has 0 fully saturated rings.